The van der Waals surface area contributed by atoms with Crippen LogP contribution in [0.5, 0.6) is 0 Å². The van der Waals surface area contributed by atoms with E-state index in [-0.39, 0.29) is 17.8 Å². The van der Waals surface area contributed by atoms with Gasteiger partial charge in [0.05, 0.1) is 16.8 Å². The fraction of sp³-hybridized carbons (Fsp3) is 0.350. The van der Waals surface area contributed by atoms with Crippen LogP contribution in [-0.4, -0.2) is 30.9 Å². The van der Waals surface area contributed by atoms with Crippen molar-refractivity contribution < 1.29 is 9.66 Å². The fourth-order valence-electron chi connectivity index (χ4n) is 3.22. The molecule has 0 radical (unpaired) electrons. The standard InChI is InChI=1S/C20H23N5O5/c1-4-5-11-22-19(26)18(25(28)29)17(24(20(22)27)14(2)30-3)15-12-21-23(13-15)16-9-7-6-8-10-16/h6-10,12-14H,4-5,11H2,1-3H3. The van der Waals surface area contributed by atoms with Crippen LogP contribution in [0.15, 0.2) is 52.3 Å². The minimum Gasteiger partial charge on any atom is -0.361 e. The predicted molar refractivity (Wildman–Crippen MR) is 111 cm³/mol. The summed E-state index contributed by atoms with van der Waals surface area (Å²) in [5, 5.41) is 16.2. The number of aromatic nitrogens is 4. The van der Waals surface area contributed by atoms with Crippen LogP contribution in [0.4, 0.5) is 5.69 Å². The number of ether oxygens (including phenoxy) is 1. The first-order chi connectivity index (χ1) is 14.4. The van der Waals surface area contributed by atoms with E-state index < -0.39 is 28.1 Å². The Morgan fingerprint density at radius 2 is 1.93 bits per heavy atom. The van der Waals surface area contributed by atoms with Gasteiger partial charge in [-0.25, -0.2) is 9.48 Å². The smallest absolute Gasteiger partial charge is 0.358 e. The van der Waals surface area contributed by atoms with E-state index in [9.17, 15) is 19.7 Å². The quantitative estimate of drug-likeness (QED) is 0.414. The average molecular weight is 413 g/mol. The maximum Gasteiger partial charge on any atom is 0.358 e. The molecule has 0 aliphatic carbocycles. The van der Waals surface area contributed by atoms with Gasteiger partial charge in [-0.05, 0) is 25.5 Å². The summed E-state index contributed by atoms with van der Waals surface area (Å²) in [5.41, 5.74) is -1.39. The van der Waals surface area contributed by atoms with Crippen molar-refractivity contribution >= 4 is 5.69 Å². The summed E-state index contributed by atoms with van der Waals surface area (Å²) in [6.45, 7) is 3.59. The summed E-state index contributed by atoms with van der Waals surface area (Å²) in [6.07, 6.45) is 3.37. The lowest BCUT2D eigenvalue weighted by Gasteiger charge is -2.19. The Labute approximate surface area is 172 Å². The molecule has 0 bridgehead atoms. The molecule has 3 aromatic rings. The molecule has 1 unspecified atom stereocenters. The zero-order chi connectivity index (χ0) is 21.8. The predicted octanol–water partition coefficient (Wildman–Crippen LogP) is 2.74. The molecule has 158 valence electrons. The van der Waals surface area contributed by atoms with Gasteiger partial charge in [0.25, 0.3) is 0 Å². The fourth-order valence-corrected chi connectivity index (χ4v) is 3.22. The number of methoxy groups -OCH3 is 1. The summed E-state index contributed by atoms with van der Waals surface area (Å²) in [5.74, 6) is 0. The summed E-state index contributed by atoms with van der Waals surface area (Å²) in [6, 6.07) is 9.15. The molecule has 0 amide bonds. The van der Waals surface area contributed by atoms with Gasteiger partial charge in [-0.2, -0.15) is 5.10 Å². The van der Waals surface area contributed by atoms with E-state index in [2.05, 4.69) is 5.10 Å². The monoisotopic (exact) mass is 413 g/mol. The van der Waals surface area contributed by atoms with E-state index in [0.717, 1.165) is 21.2 Å². The van der Waals surface area contributed by atoms with E-state index in [1.165, 1.54) is 18.0 Å². The largest absolute Gasteiger partial charge is 0.361 e. The Morgan fingerprint density at radius 3 is 2.53 bits per heavy atom. The van der Waals surface area contributed by atoms with Crippen molar-refractivity contribution in [3.8, 4) is 16.9 Å². The molecule has 1 atom stereocenters. The molecule has 1 aromatic carbocycles. The van der Waals surface area contributed by atoms with Gasteiger partial charge in [-0.15, -0.1) is 0 Å². The first-order valence-electron chi connectivity index (χ1n) is 9.57. The normalized spacial score (nSPS) is 12.1. The van der Waals surface area contributed by atoms with Gasteiger partial charge in [0.2, 0.25) is 0 Å². The van der Waals surface area contributed by atoms with Gasteiger partial charge in [0, 0.05) is 25.4 Å². The van der Waals surface area contributed by atoms with Crippen LogP contribution in [0.1, 0.15) is 32.9 Å². The molecular weight excluding hydrogens is 390 g/mol. The second kappa shape index (κ2) is 8.87. The van der Waals surface area contributed by atoms with E-state index in [1.807, 2.05) is 37.3 Å². The zero-order valence-corrected chi connectivity index (χ0v) is 17.0. The summed E-state index contributed by atoms with van der Waals surface area (Å²) in [7, 11) is 1.39. The third-order valence-corrected chi connectivity index (χ3v) is 4.85. The second-order valence-electron chi connectivity index (χ2n) is 6.76. The summed E-state index contributed by atoms with van der Waals surface area (Å²) < 4.78 is 8.87. The lowest BCUT2D eigenvalue weighted by molar-refractivity contribution is -0.386. The number of hydrogen-bond acceptors (Lipinski definition) is 6. The van der Waals surface area contributed by atoms with Gasteiger partial charge < -0.3 is 4.74 Å². The van der Waals surface area contributed by atoms with Gasteiger partial charge in [0.15, 0.2) is 0 Å². The molecule has 2 aromatic heterocycles. The summed E-state index contributed by atoms with van der Waals surface area (Å²) in [4.78, 5) is 37.2. The van der Waals surface area contributed by atoms with Crippen LogP contribution < -0.4 is 11.2 Å². The van der Waals surface area contributed by atoms with Gasteiger partial charge in [-0.3, -0.25) is 24.0 Å². The molecule has 2 heterocycles. The maximum atomic E-state index is 13.1. The minimum absolute atomic E-state index is 0.0923. The van der Waals surface area contributed by atoms with Crippen molar-refractivity contribution in [3.63, 3.8) is 0 Å². The molecular formula is C20H23N5O5. The van der Waals surface area contributed by atoms with E-state index in [1.54, 1.807) is 13.1 Å². The molecule has 0 saturated carbocycles. The molecule has 3 rings (SSSR count). The second-order valence-corrected chi connectivity index (χ2v) is 6.76. The maximum absolute atomic E-state index is 13.1. The van der Waals surface area contributed by atoms with Crippen molar-refractivity contribution in [3.05, 3.63) is 73.7 Å². The van der Waals surface area contributed by atoms with Gasteiger partial charge >= 0.3 is 16.9 Å². The molecule has 0 aliphatic rings. The van der Waals surface area contributed by atoms with E-state index in [0.29, 0.717) is 6.42 Å². The van der Waals surface area contributed by atoms with Crippen molar-refractivity contribution in [2.45, 2.75) is 39.5 Å². The van der Waals surface area contributed by atoms with Crippen LogP contribution in [0.2, 0.25) is 0 Å². The molecule has 0 aliphatic heterocycles. The van der Waals surface area contributed by atoms with Gasteiger partial charge in [-0.1, -0.05) is 31.5 Å². The first-order valence-corrected chi connectivity index (χ1v) is 9.57. The first kappa shape index (κ1) is 21.2. The van der Waals surface area contributed by atoms with Crippen LogP contribution in [0.25, 0.3) is 16.9 Å². The minimum atomic E-state index is -0.930. The van der Waals surface area contributed by atoms with Gasteiger partial charge in [0.1, 0.15) is 11.9 Å². The Balaban J connectivity index is 2.33. The summed E-state index contributed by atoms with van der Waals surface area (Å²) >= 11 is 0. The highest BCUT2D eigenvalue weighted by atomic mass is 16.6. The van der Waals surface area contributed by atoms with Crippen LogP contribution in [-0.2, 0) is 11.3 Å². The Kier molecular flexibility index (Phi) is 6.26. The Hall–Kier alpha value is -3.53. The van der Waals surface area contributed by atoms with Crippen LogP contribution >= 0.6 is 0 Å². The third-order valence-electron chi connectivity index (χ3n) is 4.85. The molecule has 10 heteroatoms. The van der Waals surface area contributed by atoms with Crippen molar-refractivity contribution in [1.82, 2.24) is 18.9 Å². The highest BCUT2D eigenvalue weighted by Crippen LogP contribution is 2.28. The number of unbranched alkanes of at least 4 members (excludes halogenated alkanes) is 1. The Bertz CT molecular complexity index is 1160. The highest BCUT2D eigenvalue weighted by molar-refractivity contribution is 5.68. The number of rotatable bonds is 8. The van der Waals surface area contributed by atoms with Crippen LogP contribution in [0, 0.1) is 10.1 Å². The molecule has 0 fully saturated rings. The number of para-hydroxylation sites is 1. The van der Waals surface area contributed by atoms with Crippen molar-refractivity contribution in [2.24, 2.45) is 0 Å². The molecule has 0 saturated heterocycles. The number of nitrogens with zero attached hydrogens (tertiary/aromatic N) is 5. The van der Waals surface area contributed by atoms with Crippen LogP contribution in [0.3, 0.4) is 0 Å². The van der Waals surface area contributed by atoms with E-state index in [4.69, 9.17) is 4.74 Å². The topological polar surface area (TPSA) is 114 Å². The van der Waals surface area contributed by atoms with Crippen molar-refractivity contribution in [1.29, 1.82) is 0 Å². The lowest BCUT2D eigenvalue weighted by Crippen LogP contribution is -2.43. The number of benzene rings is 1. The molecule has 10 nitrogen and oxygen atoms in total. The highest BCUT2D eigenvalue weighted by Gasteiger charge is 2.31. The number of hydrogen-bond donors (Lipinski definition) is 0. The van der Waals surface area contributed by atoms with Crippen molar-refractivity contribution in [2.75, 3.05) is 7.11 Å². The molecule has 0 spiro atoms. The average Bonchev–Trinajstić information content (AvgIpc) is 3.23. The van der Waals surface area contributed by atoms with E-state index >= 15 is 0 Å². The SMILES string of the molecule is CCCCn1c(=O)c([N+](=O)[O-])c(-c2cnn(-c3ccccc3)c2)n(C(C)OC)c1=O. The third kappa shape index (κ3) is 3.81. The Morgan fingerprint density at radius 1 is 1.23 bits per heavy atom. The zero-order valence-electron chi connectivity index (χ0n) is 17.0. The molecule has 0 N–H and O–H groups in total. The number of nitro groups is 1. The molecule has 30 heavy (non-hydrogen) atoms. The lowest BCUT2D eigenvalue weighted by atomic mass is 10.2.